The minimum Gasteiger partial charge on any atom is -0.493 e. The van der Waals surface area contributed by atoms with Crippen LogP contribution in [0.15, 0.2) is 18.2 Å². The first-order chi connectivity index (χ1) is 16.0. The maximum Gasteiger partial charge on any atom is 0.254 e. The van der Waals surface area contributed by atoms with E-state index in [1.165, 1.54) is 19.3 Å². The van der Waals surface area contributed by atoms with E-state index in [-0.39, 0.29) is 11.3 Å². The Labute approximate surface area is 197 Å². The van der Waals surface area contributed by atoms with E-state index in [2.05, 4.69) is 11.8 Å². The molecule has 0 N–H and O–H groups in total. The molecule has 2 amide bonds. The second-order valence-corrected chi connectivity index (χ2v) is 10.8. The predicted molar refractivity (Wildman–Crippen MR) is 126 cm³/mol. The van der Waals surface area contributed by atoms with Gasteiger partial charge in [0.25, 0.3) is 5.91 Å². The molecular formula is C27H38N2O4. The molecule has 1 aromatic carbocycles. The van der Waals surface area contributed by atoms with Crippen molar-refractivity contribution in [3.63, 3.8) is 0 Å². The standard InChI is InChI=1S/C27H38N2O4/c1-3-4-11-33-23-6-5-22(15-24(23)32-2)25(30)28-7-9-29(10-8-28)26(31)27-16-19-12-20(17-27)14-21(13-19)18-27/h5-6,15,19-21H,3-4,7-14,16-18H2,1-2H3. The highest BCUT2D eigenvalue weighted by molar-refractivity contribution is 5.95. The minimum absolute atomic E-state index is 0.00434. The van der Waals surface area contributed by atoms with Crippen LogP contribution in [0.4, 0.5) is 0 Å². The Morgan fingerprint density at radius 2 is 1.55 bits per heavy atom. The number of piperazine rings is 1. The number of carbonyl (C=O) groups excluding carboxylic acids is 2. The number of methoxy groups -OCH3 is 1. The monoisotopic (exact) mass is 454 g/mol. The van der Waals surface area contributed by atoms with E-state index < -0.39 is 0 Å². The molecule has 1 heterocycles. The van der Waals surface area contributed by atoms with Crippen LogP contribution in [-0.2, 0) is 4.79 Å². The van der Waals surface area contributed by atoms with E-state index in [9.17, 15) is 9.59 Å². The number of hydrogen-bond donors (Lipinski definition) is 0. The van der Waals surface area contributed by atoms with Crippen molar-refractivity contribution in [2.75, 3.05) is 39.9 Å². The van der Waals surface area contributed by atoms with Gasteiger partial charge in [-0.05, 0) is 80.9 Å². The molecule has 5 fully saturated rings. The van der Waals surface area contributed by atoms with Crippen molar-refractivity contribution in [3.05, 3.63) is 23.8 Å². The van der Waals surface area contributed by atoms with Gasteiger partial charge in [-0.3, -0.25) is 9.59 Å². The Hall–Kier alpha value is -2.24. The zero-order chi connectivity index (χ0) is 23.0. The summed E-state index contributed by atoms with van der Waals surface area (Å²) in [6, 6.07) is 5.42. The van der Waals surface area contributed by atoms with E-state index in [4.69, 9.17) is 9.47 Å². The number of carbonyl (C=O) groups is 2. The molecule has 4 bridgehead atoms. The summed E-state index contributed by atoms with van der Waals surface area (Å²) in [4.78, 5) is 30.7. The number of unbranched alkanes of at least 4 members (excludes halogenated alkanes) is 1. The highest BCUT2D eigenvalue weighted by Crippen LogP contribution is 2.60. The molecule has 180 valence electrons. The fourth-order valence-electron chi connectivity index (χ4n) is 7.25. The Bertz CT molecular complexity index is 855. The molecule has 6 rings (SSSR count). The van der Waals surface area contributed by atoms with Gasteiger partial charge in [0.15, 0.2) is 11.5 Å². The first-order valence-corrected chi connectivity index (χ1v) is 12.9. The third-order valence-electron chi connectivity index (χ3n) is 8.51. The number of amides is 2. The Morgan fingerprint density at radius 3 is 2.12 bits per heavy atom. The van der Waals surface area contributed by atoms with E-state index in [1.807, 2.05) is 17.0 Å². The van der Waals surface area contributed by atoms with Crippen LogP contribution in [-0.4, -0.2) is 61.5 Å². The molecule has 4 saturated carbocycles. The summed E-state index contributed by atoms with van der Waals surface area (Å²) < 4.78 is 11.3. The van der Waals surface area contributed by atoms with Crippen LogP contribution < -0.4 is 9.47 Å². The molecule has 4 aliphatic carbocycles. The number of rotatable bonds is 7. The van der Waals surface area contributed by atoms with Crippen molar-refractivity contribution < 1.29 is 19.1 Å². The van der Waals surface area contributed by atoms with E-state index >= 15 is 0 Å². The van der Waals surface area contributed by atoms with Crippen molar-refractivity contribution in [1.29, 1.82) is 0 Å². The minimum atomic E-state index is -0.0953. The van der Waals surface area contributed by atoms with Gasteiger partial charge in [-0.2, -0.15) is 0 Å². The molecule has 6 nitrogen and oxygen atoms in total. The fourth-order valence-corrected chi connectivity index (χ4v) is 7.25. The SMILES string of the molecule is CCCCOc1ccc(C(=O)N2CCN(C(=O)C34CC5CC(CC(C5)C3)C4)CC2)cc1OC. The summed E-state index contributed by atoms with van der Waals surface area (Å²) in [5.41, 5.74) is 0.512. The largest absolute Gasteiger partial charge is 0.493 e. The lowest BCUT2D eigenvalue weighted by molar-refractivity contribution is -0.159. The molecule has 0 unspecified atom stereocenters. The van der Waals surface area contributed by atoms with Gasteiger partial charge in [-0.25, -0.2) is 0 Å². The van der Waals surface area contributed by atoms with Crippen LogP contribution in [0.2, 0.25) is 0 Å². The maximum absolute atomic E-state index is 13.6. The molecular weight excluding hydrogens is 416 g/mol. The van der Waals surface area contributed by atoms with Crippen molar-refractivity contribution in [1.82, 2.24) is 9.80 Å². The average Bonchev–Trinajstić information content (AvgIpc) is 2.82. The second kappa shape index (κ2) is 9.19. The fraction of sp³-hybridized carbons (Fsp3) is 0.704. The van der Waals surface area contributed by atoms with Crippen molar-refractivity contribution in [2.45, 2.75) is 58.3 Å². The number of benzene rings is 1. The Kier molecular flexibility index (Phi) is 6.28. The van der Waals surface area contributed by atoms with Crippen LogP contribution in [0.5, 0.6) is 11.5 Å². The maximum atomic E-state index is 13.6. The normalized spacial score (nSPS) is 30.4. The highest BCUT2D eigenvalue weighted by atomic mass is 16.5. The Balaban J connectivity index is 1.20. The van der Waals surface area contributed by atoms with Crippen molar-refractivity contribution in [3.8, 4) is 11.5 Å². The lowest BCUT2D eigenvalue weighted by atomic mass is 9.49. The van der Waals surface area contributed by atoms with Gasteiger partial charge in [-0.15, -0.1) is 0 Å². The van der Waals surface area contributed by atoms with Gasteiger partial charge in [0, 0.05) is 31.7 Å². The zero-order valence-electron chi connectivity index (χ0n) is 20.2. The van der Waals surface area contributed by atoms with E-state index in [0.29, 0.717) is 55.8 Å². The summed E-state index contributed by atoms with van der Waals surface area (Å²) in [6.45, 7) is 5.23. The average molecular weight is 455 g/mol. The molecule has 1 saturated heterocycles. The number of ether oxygens (including phenoxy) is 2. The first kappa shape index (κ1) is 22.5. The number of hydrogen-bond acceptors (Lipinski definition) is 4. The van der Waals surface area contributed by atoms with Gasteiger partial charge in [0.2, 0.25) is 5.91 Å². The quantitative estimate of drug-likeness (QED) is 0.574. The molecule has 6 heteroatoms. The van der Waals surface area contributed by atoms with Crippen LogP contribution in [0.25, 0.3) is 0 Å². The molecule has 1 aliphatic heterocycles. The summed E-state index contributed by atoms with van der Waals surface area (Å²) in [7, 11) is 1.60. The van der Waals surface area contributed by atoms with Gasteiger partial charge in [0.05, 0.1) is 19.1 Å². The first-order valence-electron chi connectivity index (χ1n) is 12.9. The van der Waals surface area contributed by atoms with E-state index in [0.717, 1.165) is 49.9 Å². The molecule has 0 aromatic heterocycles. The zero-order valence-corrected chi connectivity index (χ0v) is 20.2. The highest BCUT2D eigenvalue weighted by Gasteiger charge is 2.55. The van der Waals surface area contributed by atoms with Gasteiger partial charge < -0.3 is 19.3 Å². The Morgan fingerprint density at radius 1 is 0.939 bits per heavy atom. The van der Waals surface area contributed by atoms with Gasteiger partial charge >= 0.3 is 0 Å². The smallest absolute Gasteiger partial charge is 0.254 e. The van der Waals surface area contributed by atoms with Crippen LogP contribution >= 0.6 is 0 Å². The number of nitrogens with zero attached hydrogens (tertiary/aromatic N) is 2. The summed E-state index contributed by atoms with van der Waals surface area (Å²) in [6.07, 6.45) is 9.39. The van der Waals surface area contributed by atoms with Crippen LogP contribution in [0, 0.1) is 23.2 Å². The van der Waals surface area contributed by atoms with Crippen molar-refractivity contribution >= 4 is 11.8 Å². The molecule has 0 atom stereocenters. The molecule has 0 spiro atoms. The van der Waals surface area contributed by atoms with Crippen LogP contribution in [0.1, 0.15) is 68.6 Å². The van der Waals surface area contributed by atoms with Gasteiger partial charge in [-0.1, -0.05) is 13.3 Å². The van der Waals surface area contributed by atoms with E-state index in [1.54, 1.807) is 13.2 Å². The molecule has 33 heavy (non-hydrogen) atoms. The van der Waals surface area contributed by atoms with Crippen molar-refractivity contribution in [2.24, 2.45) is 23.2 Å². The van der Waals surface area contributed by atoms with Crippen LogP contribution in [0.3, 0.4) is 0 Å². The molecule has 1 aromatic rings. The lowest BCUT2D eigenvalue weighted by Crippen LogP contribution is -2.58. The summed E-state index contributed by atoms with van der Waals surface area (Å²) in [5, 5.41) is 0. The second-order valence-electron chi connectivity index (χ2n) is 10.8. The summed E-state index contributed by atoms with van der Waals surface area (Å²) in [5.74, 6) is 3.95. The summed E-state index contributed by atoms with van der Waals surface area (Å²) >= 11 is 0. The topological polar surface area (TPSA) is 59.1 Å². The lowest BCUT2D eigenvalue weighted by Gasteiger charge is -2.57. The molecule has 0 radical (unpaired) electrons. The third-order valence-corrected chi connectivity index (χ3v) is 8.51. The third kappa shape index (κ3) is 4.33. The van der Waals surface area contributed by atoms with Gasteiger partial charge in [0.1, 0.15) is 0 Å². The predicted octanol–water partition coefficient (Wildman–Crippen LogP) is 4.37. The molecule has 5 aliphatic rings.